The molecule has 1 aliphatic rings. The van der Waals surface area contributed by atoms with Gasteiger partial charge in [-0.15, -0.1) is 11.8 Å². The van der Waals surface area contributed by atoms with E-state index < -0.39 is 17.7 Å². The van der Waals surface area contributed by atoms with E-state index in [1.165, 1.54) is 23.6 Å². The molecule has 1 aromatic carbocycles. The molecule has 3 rings (SSSR count). The first kappa shape index (κ1) is 27.3. The summed E-state index contributed by atoms with van der Waals surface area (Å²) in [7, 11) is 0. The Kier molecular flexibility index (Phi) is 9.81. The van der Waals surface area contributed by atoms with Gasteiger partial charge in [-0.05, 0) is 49.3 Å². The number of aromatic nitrogens is 1. The van der Waals surface area contributed by atoms with Gasteiger partial charge in [-0.2, -0.15) is 13.2 Å². The second kappa shape index (κ2) is 12.6. The highest BCUT2D eigenvalue weighted by atomic mass is 32.2. The van der Waals surface area contributed by atoms with E-state index in [0.29, 0.717) is 20.8 Å². The second-order valence-electron chi connectivity index (χ2n) is 8.45. The zero-order valence-electron chi connectivity index (χ0n) is 19.2. The van der Waals surface area contributed by atoms with Crippen LogP contribution in [0.25, 0.3) is 0 Å². The Morgan fingerprint density at radius 3 is 2.71 bits per heavy atom. The van der Waals surface area contributed by atoms with Gasteiger partial charge in [0.25, 0.3) is 0 Å². The normalized spacial score (nSPS) is 18.3. The topological polar surface area (TPSA) is 91.8 Å². The summed E-state index contributed by atoms with van der Waals surface area (Å²) in [6.45, 7) is 2.66. The monoisotopic (exact) mass is 531 g/mol. The minimum atomic E-state index is -4.41. The molecule has 0 saturated heterocycles. The molecule has 0 atom stereocenters. The Balaban J connectivity index is 1.58. The number of alkyl halides is 3. The molecule has 1 heterocycles. The molecular weight excluding hydrogens is 503 g/mol. The van der Waals surface area contributed by atoms with Crippen LogP contribution in [-0.4, -0.2) is 51.9 Å². The first-order valence-corrected chi connectivity index (χ1v) is 13.0. The van der Waals surface area contributed by atoms with Gasteiger partial charge in [0.2, 0.25) is 0 Å². The summed E-state index contributed by atoms with van der Waals surface area (Å²) in [5, 5.41) is 12.0. The number of urea groups is 1. The fraction of sp³-hybridized carbons (Fsp3) is 0.522. The predicted molar refractivity (Wildman–Crippen MR) is 129 cm³/mol. The molecule has 0 bridgehead atoms. The van der Waals surface area contributed by atoms with Crippen molar-refractivity contribution in [1.29, 1.82) is 0 Å². The lowest BCUT2D eigenvalue weighted by molar-refractivity contribution is -0.137. The fourth-order valence-corrected chi connectivity index (χ4v) is 5.46. The van der Waals surface area contributed by atoms with Gasteiger partial charge in [-0.3, -0.25) is 10.1 Å². The summed E-state index contributed by atoms with van der Waals surface area (Å²) < 4.78 is 45.1. The third-order valence-corrected chi connectivity index (χ3v) is 7.82. The first-order chi connectivity index (χ1) is 16.6. The summed E-state index contributed by atoms with van der Waals surface area (Å²) in [5.74, 6) is -0.427. The number of hydrogen-bond donors (Lipinski definition) is 2. The van der Waals surface area contributed by atoms with Crippen molar-refractivity contribution in [3.8, 4) is 0 Å². The maximum Gasteiger partial charge on any atom is 0.416 e. The van der Waals surface area contributed by atoms with Crippen LogP contribution in [0.15, 0.2) is 34.7 Å². The lowest BCUT2D eigenvalue weighted by Gasteiger charge is -2.36. The van der Waals surface area contributed by atoms with Gasteiger partial charge in [-0.1, -0.05) is 30.4 Å². The number of thiazole rings is 1. The Labute approximate surface area is 210 Å². The van der Waals surface area contributed by atoms with Gasteiger partial charge in [0.1, 0.15) is 0 Å². The summed E-state index contributed by atoms with van der Waals surface area (Å²) in [6, 6.07) is 4.71. The van der Waals surface area contributed by atoms with Crippen molar-refractivity contribution in [3.63, 3.8) is 0 Å². The average Bonchev–Trinajstić information content (AvgIpc) is 3.25. The number of anilines is 1. The Morgan fingerprint density at radius 1 is 1.29 bits per heavy atom. The molecule has 0 radical (unpaired) electrons. The molecule has 0 unspecified atom stereocenters. The molecule has 192 valence electrons. The van der Waals surface area contributed by atoms with E-state index in [4.69, 9.17) is 9.84 Å². The minimum absolute atomic E-state index is 0.0116. The summed E-state index contributed by atoms with van der Waals surface area (Å²) >= 11 is 2.33. The van der Waals surface area contributed by atoms with E-state index in [1.807, 2.05) is 0 Å². The van der Waals surface area contributed by atoms with Crippen molar-refractivity contribution in [1.82, 2.24) is 9.88 Å². The van der Waals surface area contributed by atoms with Crippen LogP contribution in [0.4, 0.5) is 23.1 Å². The molecule has 2 N–H and O–H groups in total. The number of carbonyl (C=O) groups excluding carboxylic acids is 1. The number of halogens is 3. The van der Waals surface area contributed by atoms with Gasteiger partial charge in [0.05, 0.1) is 34.9 Å². The Bertz CT molecular complexity index is 994. The van der Waals surface area contributed by atoms with Crippen LogP contribution < -0.4 is 5.32 Å². The standard InChI is InChI=1S/C23H28F3N3O4S2/c1-15-5-7-18(8-6-15)29(22(32)28-21-27-12-20(35-21)34-14-19(30)31)9-10-33-13-16-3-2-4-17(11-16)23(24,25)26/h2-4,11-12,15,18H,5-10,13-14H2,1H3,(H,30,31)(H,27,28,32). The zero-order chi connectivity index (χ0) is 25.4. The maximum atomic E-state index is 13.1. The third-order valence-electron chi connectivity index (χ3n) is 5.72. The SMILES string of the molecule is CC1CCC(N(CCOCc2cccc(C(F)(F)F)c2)C(=O)Nc2ncc(SCC(=O)O)s2)CC1. The minimum Gasteiger partial charge on any atom is -0.481 e. The van der Waals surface area contributed by atoms with Crippen LogP contribution in [0.3, 0.4) is 0 Å². The van der Waals surface area contributed by atoms with E-state index in [0.717, 1.165) is 49.6 Å². The highest BCUT2D eigenvalue weighted by Crippen LogP contribution is 2.31. The van der Waals surface area contributed by atoms with Crippen molar-refractivity contribution < 1.29 is 32.6 Å². The molecule has 2 amide bonds. The summed E-state index contributed by atoms with van der Waals surface area (Å²) in [4.78, 5) is 29.7. The van der Waals surface area contributed by atoms with Crippen molar-refractivity contribution in [2.75, 3.05) is 24.2 Å². The lowest BCUT2D eigenvalue weighted by Crippen LogP contribution is -2.46. The maximum absolute atomic E-state index is 13.1. The number of hydrogen-bond acceptors (Lipinski definition) is 6. The van der Waals surface area contributed by atoms with Gasteiger partial charge in [0, 0.05) is 12.6 Å². The lowest BCUT2D eigenvalue weighted by atomic mass is 9.86. The number of aliphatic carboxylic acids is 1. The molecule has 1 aromatic heterocycles. The number of amides is 2. The van der Waals surface area contributed by atoms with E-state index >= 15 is 0 Å². The van der Waals surface area contributed by atoms with E-state index in [-0.39, 0.29) is 37.6 Å². The molecule has 7 nitrogen and oxygen atoms in total. The molecule has 2 aromatic rings. The average molecular weight is 532 g/mol. The van der Waals surface area contributed by atoms with Crippen LogP contribution in [0.1, 0.15) is 43.7 Å². The van der Waals surface area contributed by atoms with Crippen LogP contribution in [-0.2, 0) is 22.3 Å². The number of carbonyl (C=O) groups is 2. The predicted octanol–water partition coefficient (Wildman–Crippen LogP) is 5.97. The van der Waals surface area contributed by atoms with Crippen LogP contribution >= 0.6 is 23.1 Å². The number of carboxylic acids is 1. The highest BCUT2D eigenvalue weighted by Gasteiger charge is 2.30. The van der Waals surface area contributed by atoms with Gasteiger partial charge >= 0.3 is 18.2 Å². The number of nitrogens with zero attached hydrogens (tertiary/aromatic N) is 2. The Morgan fingerprint density at radius 2 is 2.03 bits per heavy atom. The van der Waals surface area contributed by atoms with Crippen LogP contribution in [0.2, 0.25) is 0 Å². The molecule has 0 spiro atoms. The summed E-state index contributed by atoms with van der Waals surface area (Å²) in [5.41, 5.74) is -0.309. The van der Waals surface area contributed by atoms with Crippen molar-refractivity contribution in [3.05, 3.63) is 41.6 Å². The number of rotatable bonds is 10. The van der Waals surface area contributed by atoms with Crippen molar-refractivity contribution in [2.24, 2.45) is 5.92 Å². The molecule has 1 fully saturated rings. The second-order valence-corrected chi connectivity index (χ2v) is 10.8. The Hall–Kier alpha value is -2.31. The van der Waals surface area contributed by atoms with Gasteiger partial charge in [-0.25, -0.2) is 9.78 Å². The third kappa shape index (κ3) is 8.69. The number of carboxylic acid groups (broad SMARTS) is 1. The summed E-state index contributed by atoms with van der Waals surface area (Å²) in [6.07, 6.45) is 0.850. The van der Waals surface area contributed by atoms with Crippen molar-refractivity contribution in [2.45, 2.75) is 55.6 Å². The first-order valence-electron chi connectivity index (χ1n) is 11.2. The largest absolute Gasteiger partial charge is 0.481 e. The molecule has 12 heteroatoms. The zero-order valence-corrected chi connectivity index (χ0v) is 20.8. The molecule has 1 saturated carbocycles. The molecule has 1 aliphatic carbocycles. The van der Waals surface area contributed by atoms with Crippen LogP contribution in [0, 0.1) is 5.92 Å². The number of ether oxygens (including phenoxy) is 1. The number of thioether (sulfide) groups is 1. The molecule has 0 aliphatic heterocycles. The molecular formula is C23H28F3N3O4S2. The smallest absolute Gasteiger partial charge is 0.416 e. The van der Waals surface area contributed by atoms with E-state index in [2.05, 4.69) is 17.2 Å². The van der Waals surface area contributed by atoms with E-state index in [9.17, 15) is 22.8 Å². The van der Waals surface area contributed by atoms with Crippen LogP contribution in [0.5, 0.6) is 0 Å². The molecule has 35 heavy (non-hydrogen) atoms. The number of nitrogens with one attached hydrogen (secondary N) is 1. The van der Waals surface area contributed by atoms with Gasteiger partial charge in [0.15, 0.2) is 5.13 Å². The van der Waals surface area contributed by atoms with Gasteiger partial charge < -0.3 is 14.7 Å². The van der Waals surface area contributed by atoms with Crippen molar-refractivity contribution >= 4 is 40.2 Å². The highest BCUT2D eigenvalue weighted by molar-refractivity contribution is 8.01. The fourth-order valence-electron chi connectivity index (χ4n) is 3.87. The quantitative estimate of drug-likeness (QED) is 0.290. The van der Waals surface area contributed by atoms with E-state index in [1.54, 1.807) is 11.0 Å². The number of benzene rings is 1.